The molecule has 0 aromatic carbocycles. The van der Waals surface area contributed by atoms with Gasteiger partial charge in [-0.15, -0.1) is 0 Å². The summed E-state index contributed by atoms with van der Waals surface area (Å²) in [5, 5.41) is 2.77. The zero-order valence-corrected chi connectivity index (χ0v) is 11.9. The van der Waals surface area contributed by atoms with Crippen LogP contribution < -0.4 is 5.32 Å². The van der Waals surface area contributed by atoms with E-state index < -0.39 is 0 Å². The van der Waals surface area contributed by atoms with Gasteiger partial charge in [-0.2, -0.15) is 0 Å². The van der Waals surface area contributed by atoms with Crippen LogP contribution >= 0.6 is 0 Å². The van der Waals surface area contributed by atoms with E-state index in [1.54, 1.807) is 0 Å². The van der Waals surface area contributed by atoms with Gasteiger partial charge in [-0.1, -0.05) is 40.0 Å². The summed E-state index contributed by atoms with van der Waals surface area (Å²) in [6.45, 7) is 6.46. The van der Waals surface area contributed by atoms with E-state index in [-0.39, 0.29) is 30.4 Å². The zero-order chi connectivity index (χ0) is 13.5. The van der Waals surface area contributed by atoms with Gasteiger partial charge in [-0.3, -0.25) is 9.59 Å². The second-order valence-corrected chi connectivity index (χ2v) is 5.08. The Hall–Kier alpha value is -1.06. The maximum atomic E-state index is 12.3. The minimum Gasteiger partial charge on any atom is -0.343 e. The van der Waals surface area contributed by atoms with Crippen LogP contribution in [0.2, 0.25) is 0 Å². The normalized spacial score (nSPS) is 21.9. The summed E-state index contributed by atoms with van der Waals surface area (Å²) in [4.78, 5) is 25.8. The SMILES string of the molecule is CCCCC(CCC)N1CC(=O)NC(CC)C1=O. The molecule has 18 heavy (non-hydrogen) atoms. The van der Waals surface area contributed by atoms with Crippen LogP contribution in [-0.4, -0.2) is 35.3 Å². The topological polar surface area (TPSA) is 49.4 Å². The maximum absolute atomic E-state index is 12.3. The standard InChI is InChI=1S/C14H26N2O2/c1-4-7-9-11(8-5-2)16-10-13(17)15-12(6-3)14(16)18/h11-12H,4-10H2,1-3H3,(H,15,17). The second kappa shape index (κ2) is 7.39. The Morgan fingerprint density at radius 2 is 1.94 bits per heavy atom. The van der Waals surface area contributed by atoms with Gasteiger partial charge in [-0.25, -0.2) is 0 Å². The highest BCUT2D eigenvalue weighted by molar-refractivity contribution is 5.94. The summed E-state index contributed by atoms with van der Waals surface area (Å²) in [6, 6.07) is -0.0743. The molecule has 1 aliphatic rings. The Morgan fingerprint density at radius 3 is 2.50 bits per heavy atom. The van der Waals surface area contributed by atoms with Gasteiger partial charge >= 0.3 is 0 Å². The summed E-state index contributed by atoms with van der Waals surface area (Å²) in [5.74, 6) is 0.0886. The molecule has 1 heterocycles. The molecule has 2 unspecified atom stereocenters. The first kappa shape index (κ1) is 15.0. The summed E-state index contributed by atoms with van der Waals surface area (Å²) in [6.07, 6.45) is 5.98. The fraction of sp³-hybridized carbons (Fsp3) is 0.857. The van der Waals surface area contributed by atoms with E-state index in [2.05, 4.69) is 19.2 Å². The Labute approximate surface area is 110 Å². The van der Waals surface area contributed by atoms with Crippen molar-refractivity contribution in [3.63, 3.8) is 0 Å². The lowest BCUT2D eigenvalue weighted by Crippen LogP contribution is -2.60. The van der Waals surface area contributed by atoms with E-state index >= 15 is 0 Å². The summed E-state index contributed by atoms with van der Waals surface area (Å²) in [7, 11) is 0. The zero-order valence-electron chi connectivity index (χ0n) is 11.9. The average Bonchev–Trinajstić information content (AvgIpc) is 2.37. The molecule has 0 spiro atoms. The molecule has 2 atom stereocenters. The molecule has 0 aliphatic carbocycles. The van der Waals surface area contributed by atoms with Crippen molar-refractivity contribution >= 4 is 11.8 Å². The molecule has 0 saturated carbocycles. The highest BCUT2D eigenvalue weighted by atomic mass is 16.2. The lowest BCUT2D eigenvalue weighted by Gasteiger charge is -2.38. The molecule has 0 radical (unpaired) electrons. The van der Waals surface area contributed by atoms with Gasteiger partial charge in [0.05, 0.1) is 6.54 Å². The van der Waals surface area contributed by atoms with Gasteiger partial charge in [0.25, 0.3) is 0 Å². The number of amides is 2. The number of carbonyl (C=O) groups is 2. The molecule has 1 saturated heterocycles. The van der Waals surface area contributed by atoms with Crippen molar-refractivity contribution in [2.75, 3.05) is 6.54 Å². The van der Waals surface area contributed by atoms with Gasteiger partial charge in [-0.05, 0) is 19.3 Å². The van der Waals surface area contributed by atoms with Gasteiger partial charge < -0.3 is 10.2 Å². The lowest BCUT2D eigenvalue weighted by atomic mass is 10.00. The second-order valence-electron chi connectivity index (χ2n) is 5.08. The van der Waals surface area contributed by atoms with Crippen molar-refractivity contribution in [1.29, 1.82) is 0 Å². The average molecular weight is 254 g/mol. The third-order valence-corrected chi connectivity index (χ3v) is 3.59. The molecule has 0 aromatic rings. The Kier molecular flexibility index (Phi) is 6.16. The fourth-order valence-electron chi connectivity index (χ4n) is 2.55. The molecule has 1 fully saturated rings. The number of rotatable bonds is 7. The van der Waals surface area contributed by atoms with Crippen LogP contribution in [0.3, 0.4) is 0 Å². The quantitative estimate of drug-likeness (QED) is 0.756. The van der Waals surface area contributed by atoms with Crippen LogP contribution in [0, 0.1) is 0 Å². The van der Waals surface area contributed by atoms with Crippen molar-refractivity contribution in [2.45, 2.75) is 71.4 Å². The molecular weight excluding hydrogens is 228 g/mol. The molecular formula is C14H26N2O2. The summed E-state index contributed by atoms with van der Waals surface area (Å²) in [5.41, 5.74) is 0. The lowest BCUT2D eigenvalue weighted by molar-refractivity contribution is -0.147. The third-order valence-electron chi connectivity index (χ3n) is 3.59. The minimum absolute atomic E-state index is 0.0148. The first-order valence-electron chi connectivity index (χ1n) is 7.23. The molecule has 1 N–H and O–H groups in total. The van der Waals surface area contributed by atoms with E-state index in [0.717, 1.165) is 32.1 Å². The maximum Gasteiger partial charge on any atom is 0.245 e. The van der Waals surface area contributed by atoms with E-state index in [1.807, 2.05) is 11.8 Å². The fourth-order valence-corrected chi connectivity index (χ4v) is 2.55. The van der Waals surface area contributed by atoms with Crippen molar-refractivity contribution in [3.05, 3.63) is 0 Å². The van der Waals surface area contributed by atoms with Crippen molar-refractivity contribution in [2.24, 2.45) is 0 Å². The largest absolute Gasteiger partial charge is 0.343 e. The van der Waals surface area contributed by atoms with E-state index in [9.17, 15) is 9.59 Å². The molecule has 1 rings (SSSR count). The Balaban J connectivity index is 2.73. The van der Waals surface area contributed by atoms with Crippen LogP contribution in [0.1, 0.15) is 59.3 Å². The summed E-state index contributed by atoms with van der Waals surface area (Å²) < 4.78 is 0. The molecule has 0 aromatic heterocycles. The van der Waals surface area contributed by atoms with E-state index in [4.69, 9.17) is 0 Å². The van der Waals surface area contributed by atoms with Gasteiger partial charge in [0.1, 0.15) is 6.04 Å². The minimum atomic E-state index is -0.313. The van der Waals surface area contributed by atoms with Crippen LogP contribution in [0.4, 0.5) is 0 Å². The molecule has 1 aliphatic heterocycles. The van der Waals surface area contributed by atoms with Crippen molar-refractivity contribution < 1.29 is 9.59 Å². The van der Waals surface area contributed by atoms with Crippen molar-refractivity contribution in [3.8, 4) is 0 Å². The Bertz CT molecular complexity index is 292. The number of unbranched alkanes of at least 4 members (excludes halogenated alkanes) is 1. The predicted octanol–water partition coefficient (Wildman–Crippen LogP) is 2.08. The van der Waals surface area contributed by atoms with Gasteiger partial charge in [0.15, 0.2) is 0 Å². The Morgan fingerprint density at radius 1 is 1.22 bits per heavy atom. The number of nitrogens with one attached hydrogen (secondary N) is 1. The van der Waals surface area contributed by atoms with Gasteiger partial charge in [0.2, 0.25) is 11.8 Å². The van der Waals surface area contributed by atoms with E-state index in [0.29, 0.717) is 6.42 Å². The number of hydrogen-bond acceptors (Lipinski definition) is 2. The number of hydrogen-bond donors (Lipinski definition) is 1. The first-order valence-corrected chi connectivity index (χ1v) is 7.23. The highest BCUT2D eigenvalue weighted by Gasteiger charge is 2.34. The number of carbonyl (C=O) groups excluding carboxylic acids is 2. The summed E-state index contributed by atoms with van der Waals surface area (Å²) >= 11 is 0. The monoisotopic (exact) mass is 254 g/mol. The van der Waals surface area contributed by atoms with Crippen molar-refractivity contribution in [1.82, 2.24) is 10.2 Å². The smallest absolute Gasteiger partial charge is 0.245 e. The molecule has 4 nitrogen and oxygen atoms in total. The first-order chi connectivity index (χ1) is 8.63. The van der Waals surface area contributed by atoms with Crippen LogP contribution in [0.15, 0.2) is 0 Å². The van der Waals surface area contributed by atoms with Gasteiger partial charge in [0, 0.05) is 6.04 Å². The third kappa shape index (κ3) is 3.72. The molecule has 104 valence electrons. The highest BCUT2D eigenvalue weighted by Crippen LogP contribution is 2.18. The number of nitrogens with zero attached hydrogens (tertiary/aromatic N) is 1. The molecule has 0 bridgehead atoms. The molecule has 2 amide bonds. The van der Waals surface area contributed by atoms with Crippen LogP contribution in [0.5, 0.6) is 0 Å². The van der Waals surface area contributed by atoms with Crippen LogP contribution in [0.25, 0.3) is 0 Å². The van der Waals surface area contributed by atoms with Crippen LogP contribution in [-0.2, 0) is 9.59 Å². The molecule has 4 heteroatoms. The predicted molar refractivity (Wildman–Crippen MR) is 72.2 cm³/mol. The van der Waals surface area contributed by atoms with E-state index in [1.165, 1.54) is 0 Å². The number of piperazine rings is 1.